The summed E-state index contributed by atoms with van der Waals surface area (Å²) in [6.45, 7) is 0.519. The van der Waals surface area contributed by atoms with Crippen molar-refractivity contribution in [1.82, 2.24) is 5.32 Å². The molecule has 0 saturated heterocycles. The van der Waals surface area contributed by atoms with Crippen molar-refractivity contribution < 1.29 is 18.4 Å². The Bertz CT molecular complexity index is 1100. The van der Waals surface area contributed by atoms with Crippen LogP contribution in [0.3, 0.4) is 0 Å². The molecule has 0 spiro atoms. The number of urea groups is 1. The Morgan fingerprint density at radius 3 is 2.52 bits per heavy atom. The number of amides is 3. The second-order valence-corrected chi connectivity index (χ2v) is 7.33. The van der Waals surface area contributed by atoms with Gasteiger partial charge in [-0.3, -0.25) is 4.79 Å². The first-order chi connectivity index (χ1) is 15.0. The van der Waals surface area contributed by atoms with E-state index in [9.17, 15) is 18.4 Å². The third-order valence-corrected chi connectivity index (χ3v) is 5.22. The van der Waals surface area contributed by atoms with Crippen LogP contribution in [0.4, 0.5) is 25.0 Å². The molecule has 3 aromatic rings. The molecule has 5 nitrogen and oxygen atoms in total. The number of nitrogens with zero attached hydrogens (tertiary/aromatic N) is 1. The number of benzene rings is 3. The highest BCUT2D eigenvalue weighted by Crippen LogP contribution is 2.28. The normalized spacial score (nSPS) is 13.4. The van der Waals surface area contributed by atoms with E-state index in [0.717, 1.165) is 41.4 Å². The average molecular weight is 421 g/mol. The number of anilines is 2. The maximum absolute atomic E-state index is 13.9. The van der Waals surface area contributed by atoms with E-state index >= 15 is 0 Å². The third kappa shape index (κ3) is 4.71. The van der Waals surface area contributed by atoms with Crippen molar-refractivity contribution in [2.45, 2.75) is 18.9 Å². The molecule has 2 N–H and O–H groups in total. The Morgan fingerprint density at radius 1 is 0.968 bits per heavy atom. The van der Waals surface area contributed by atoms with E-state index in [1.807, 2.05) is 54.6 Å². The summed E-state index contributed by atoms with van der Waals surface area (Å²) in [5.74, 6) is -1.71. The minimum Gasteiger partial charge on any atom is -0.326 e. The third-order valence-electron chi connectivity index (χ3n) is 5.22. The molecule has 0 fully saturated rings. The van der Waals surface area contributed by atoms with Crippen LogP contribution in [0.5, 0.6) is 0 Å². The summed E-state index contributed by atoms with van der Waals surface area (Å²) in [7, 11) is 0. The Labute approximate surface area is 178 Å². The topological polar surface area (TPSA) is 61.4 Å². The number of para-hydroxylation sites is 1. The van der Waals surface area contributed by atoms with Crippen molar-refractivity contribution in [3.05, 3.63) is 95.6 Å². The lowest BCUT2D eigenvalue weighted by molar-refractivity contribution is -0.120. The summed E-state index contributed by atoms with van der Waals surface area (Å²) < 4.78 is 27.3. The molecule has 3 amide bonds. The van der Waals surface area contributed by atoms with Gasteiger partial charge in [0.1, 0.15) is 17.7 Å². The summed E-state index contributed by atoms with van der Waals surface area (Å²) in [6, 6.07) is 18.0. The molecule has 0 saturated carbocycles. The van der Waals surface area contributed by atoms with Crippen LogP contribution in [0.2, 0.25) is 0 Å². The number of carbonyl (C=O) groups is 2. The Kier molecular flexibility index (Phi) is 5.93. The van der Waals surface area contributed by atoms with Gasteiger partial charge in [-0.25, -0.2) is 13.6 Å². The van der Waals surface area contributed by atoms with E-state index in [2.05, 4.69) is 10.6 Å². The van der Waals surface area contributed by atoms with Gasteiger partial charge in [0.2, 0.25) is 5.91 Å². The van der Waals surface area contributed by atoms with Gasteiger partial charge in [0.15, 0.2) is 0 Å². The maximum Gasteiger partial charge on any atom is 0.319 e. The van der Waals surface area contributed by atoms with Crippen LogP contribution in [0.25, 0.3) is 0 Å². The minimum atomic E-state index is -0.884. The first-order valence-electron chi connectivity index (χ1n) is 9.97. The molecular weight excluding hydrogens is 400 g/mol. The SMILES string of the molecule is O=C(Nc1cc(F)ccc1F)N[C@@H](Cc1ccccc1)C(=O)N1CCc2ccccc21. The van der Waals surface area contributed by atoms with E-state index in [4.69, 9.17) is 0 Å². The van der Waals surface area contributed by atoms with Crippen LogP contribution in [-0.2, 0) is 17.6 Å². The Hall–Kier alpha value is -3.74. The highest BCUT2D eigenvalue weighted by atomic mass is 19.1. The number of nitrogens with one attached hydrogen (secondary N) is 2. The summed E-state index contributed by atoms with van der Waals surface area (Å²) in [6.07, 6.45) is 0.998. The molecule has 1 aliphatic rings. The van der Waals surface area contributed by atoms with Crippen molar-refractivity contribution >= 4 is 23.3 Å². The highest BCUT2D eigenvalue weighted by Gasteiger charge is 2.31. The molecule has 4 rings (SSSR count). The van der Waals surface area contributed by atoms with E-state index in [-0.39, 0.29) is 18.0 Å². The van der Waals surface area contributed by atoms with Gasteiger partial charge in [-0.1, -0.05) is 48.5 Å². The Morgan fingerprint density at radius 2 is 1.71 bits per heavy atom. The van der Waals surface area contributed by atoms with Gasteiger partial charge in [0, 0.05) is 24.7 Å². The number of rotatable bonds is 5. The van der Waals surface area contributed by atoms with Gasteiger partial charge >= 0.3 is 6.03 Å². The molecule has 1 atom stereocenters. The first kappa shape index (κ1) is 20.5. The fourth-order valence-corrected chi connectivity index (χ4v) is 3.72. The predicted molar refractivity (Wildman–Crippen MR) is 115 cm³/mol. The van der Waals surface area contributed by atoms with E-state index in [1.165, 1.54) is 0 Å². The number of halogens is 2. The lowest BCUT2D eigenvalue weighted by Crippen LogP contribution is -2.50. The molecule has 3 aromatic carbocycles. The number of hydrogen-bond donors (Lipinski definition) is 2. The zero-order valence-corrected chi connectivity index (χ0v) is 16.6. The van der Waals surface area contributed by atoms with Crippen molar-refractivity contribution in [2.75, 3.05) is 16.8 Å². The molecule has 31 heavy (non-hydrogen) atoms. The molecule has 7 heteroatoms. The van der Waals surface area contributed by atoms with Crippen LogP contribution >= 0.6 is 0 Å². The first-order valence-corrected chi connectivity index (χ1v) is 9.97. The lowest BCUT2D eigenvalue weighted by Gasteiger charge is -2.25. The van der Waals surface area contributed by atoms with Gasteiger partial charge in [-0.2, -0.15) is 0 Å². The fraction of sp³-hybridized carbons (Fsp3) is 0.167. The molecule has 158 valence electrons. The van der Waals surface area contributed by atoms with Gasteiger partial charge in [0.05, 0.1) is 5.69 Å². The van der Waals surface area contributed by atoms with Gasteiger partial charge in [0.25, 0.3) is 0 Å². The van der Waals surface area contributed by atoms with Crippen LogP contribution in [0.1, 0.15) is 11.1 Å². The molecule has 0 radical (unpaired) electrons. The molecule has 0 bridgehead atoms. The minimum absolute atomic E-state index is 0.260. The van der Waals surface area contributed by atoms with Crippen molar-refractivity contribution in [3.8, 4) is 0 Å². The van der Waals surface area contributed by atoms with Crippen LogP contribution < -0.4 is 15.5 Å². The standard InChI is InChI=1S/C24H21F2N3O2/c25-18-10-11-19(26)20(15-18)27-24(31)28-21(14-16-6-2-1-3-7-16)23(30)29-13-12-17-8-4-5-9-22(17)29/h1-11,15,21H,12-14H2,(H2,27,28,31)/t21-/m0/s1. The van der Waals surface area contributed by atoms with E-state index < -0.39 is 23.7 Å². The second kappa shape index (κ2) is 8.95. The van der Waals surface area contributed by atoms with Crippen molar-refractivity contribution in [1.29, 1.82) is 0 Å². The fourth-order valence-electron chi connectivity index (χ4n) is 3.72. The number of hydrogen-bond acceptors (Lipinski definition) is 2. The van der Waals surface area contributed by atoms with Gasteiger partial charge < -0.3 is 15.5 Å². The zero-order chi connectivity index (χ0) is 21.8. The monoisotopic (exact) mass is 421 g/mol. The van der Waals surface area contributed by atoms with Crippen LogP contribution in [0, 0.1) is 11.6 Å². The largest absolute Gasteiger partial charge is 0.326 e. The van der Waals surface area contributed by atoms with Gasteiger partial charge in [-0.15, -0.1) is 0 Å². The number of carbonyl (C=O) groups excluding carboxylic acids is 2. The maximum atomic E-state index is 13.9. The molecular formula is C24H21F2N3O2. The zero-order valence-electron chi connectivity index (χ0n) is 16.6. The van der Waals surface area contributed by atoms with Crippen LogP contribution in [0.15, 0.2) is 72.8 Å². The highest BCUT2D eigenvalue weighted by molar-refractivity contribution is 6.02. The molecule has 0 unspecified atom stereocenters. The molecule has 0 aromatic heterocycles. The van der Waals surface area contributed by atoms with Crippen LogP contribution in [-0.4, -0.2) is 24.5 Å². The molecule has 0 aliphatic carbocycles. The predicted octanol–water partition coefficient (Wildman–Crippen LogP) is 4.29. The lowest BCUT2D eigenvalue weighted by atomic mass is 10.0. The summed E-state index contributed by atoms with van der Waals surface area (Å²) >= 11 is 0. The quantitative estimate of drug-likeness (QED) is 0.646. The molecule has 1 heterocycles. The molecule has 1 aliphatic heterocycles. The number of fused-ring (bicyclic) bond motifs is 1. The Balaban J connectivity index is 1.55. The van der Waals surface area contributed by atoms with Crippen molar-refractivity contribution in [2.24, 2.45) is 0 Å². The summed E-state index contributed by atoms with van der Waals surface area (Å²) in [5.41, 5.74) is 2.46. The summed E-state index contributed by atoms with van der Waals surface area (Å²) in [4.78, 5) is 27.6. The average Bonchev–Trinajstić information content (AvgIpc) is 3.20. The smallest absolute Gasteiger partial charge is 0.319 e. The van der Waals surface area contributed by atoms with Gasteiger partial charge in [-0.05, 0) is 35.7 Å². The van der Waals surface area contributed by atoms with E-state index in [0.29, 0.717) is 6.54 Å². The summed E-state index contributed by atoms with van der Waals surface area (Å²) in [5, 5.41) is 4.93. The van der Waals surface area contributed by atoms with E-state index in [1.54, 1.807) is 4.90 Å². The van der Waals surface area contributed by atoms with Crippen molar-refractivity contribution in [3.63, 3.8) is 0 Å². The second-order valence-electron chi connectivity index (χ2n) is 7.33.